The van der Waals surface area contributed by atoms with Crippen molar-refractivity contribution in [3.8, 4) is 11.1 Å². The molecule has 1 saturated heterocycles. The third-order valence-electron chi connectivity index (χ3n) is 5.49. The van der Waals surface area contributed by atoms with Crippen LogP contribution in [0.5, 0.6) is 0 Å². The zero-order valence-electron chi connectivity index (χ0n) is 17.1. The van der Waals surface area contributed by atoms with Crippen molar-refractivity contribution in [1.82, 2.24) is 19.0 Å². The van der Waals surface area contributed by atoms with Gasteiger partial charge in [0.2, 0.25) is 6.36 Å². The van der Waals surface area contributed by atoms with Gasteiger partial charge in [-0.3, -0.25) is 13.6 Å². The predicted octanol–water partition coefficient (Wildman–Crippen LogP) is 3.99. The molecule has 1 fully saturated rings. The second-order valence-electron chi connectivity index (χ2n) is 7.60. The fourth-order valence-corrected chi connectivity index (χ4v) is 4.29. The van der Waals surface area contributed by atoms with Crippen LogP contribution < -0.4 is 15.9 Å². The van der Waals surface area contributed by atoms with E-state index in [0.29, 0.717) is 29.1 Å². The summed E-state index contributed by atoms with van der Waals surface area (Å²) < 4.78 is 30.9. The van der Waals surface area contributed by atoms with E-state index in [2.05, 4.69) is 23.3 Å². The molecule has 1 aliphatic heterocycles. The maximum absolute atomic E-state index is 14.3. The largest absolute Gasteiger partial charge is 0.350 e. The van der Waals surface area contributed by atoms with Gasteiger partial charge in [-0.15, -0.1) is 0 Å². The standard InChI is InChI=1S/C22H18ClF2N5O2S/c23-18-3-1-2-14(21(18)25)9-28-5-4-13(6-20(28)31)17-10-30(33)22-16(17)7-15(8-26-22)29-11-19(24)32-27-12-29/h1-8,10,19,27,33H,9,11-12H2. The number of rotatable bonds is 4. The zero-order valence-corrected chi connectivity index (χ0v) is 18.7. The Hall–Kier alpha value is -2.92. The molecular weight excluding hydrogens is 472 g/mol. The number of hydrogen-bond acceptors (Lipinski definition) is 6. The topological polar surface area (TPSA) is 64.3 Å². The minimum absolute atomic E-state index is 0.0108. The molecule has 0 radical (unpaired) electrons. The Morgan fingerprint density at radius 1 is 1.30 bits per heavy atom. The second kappa shape index (κ2) is 8.79. The third-order valence-corrected chi connectivity index (χ3v) is 6.08. The predicted molar refractivity (Wildman–Crippen MR) is 126 cm³/mol. The molecule has 1 aromatic carbocycles. The van der Waals surface area contributed by atoms with E-state index in [1.165, 1.54) is 16.7 Å². The van der Waals surface area contributed by atoms with Gasteiger partial charge in [0.1, 0.15) is 5.82 Å². The van der Waals surface area contributed by atoms with Crippen LogP contribution in [0.1, 0.15) is 5.56 Å². The molecular formula is C22H18ClF2N5O2S. The Balaban J connectivity index is 1.51. The van der Waals surface area contributed by atoms with E-state index in [1.807, 2.05) is 6.07 Å². The van der Waals surface area contributed by atoms with E-state index in [9.17, 15) is 13.6 Å². The molecule has 33 heavy (non-hydrogen) atoms. The summed E-state index contributed by atoms with van der Waals surface area (Å²) in [5.41, 5.74) is 5.27. The van der Waals surface area contributed by atoms with Gasteiger partial charge in [-0.2, -0.15) is 5.48 Å². The summed E-state index contributed by atoms with van der Waals surface area (Å²) in [5.74, 6) is -0.542. The number of hydrogen-bond donors (Lipinski definition) is 2. The van der Waals surface area contributed by atoms with Crippen molar-refractivity contribution >= 4 is 41.1 Å². The van der Waals surface area contributed by atoms with Gasteiger partial charge in [-0.25, -0.2) is 13.8 Å². The maximum atomic E-state index is 14.3. The van der Waals surface area contributed by atoms with E-state index in [1.54, 1.807) is 45.7 Å². The number of nitrogens with one attached hydrogen (secondary N) is 1. The first-order valence-corrected chi connectivity index (χ1v) is 10.8. The Morgan fingerprint density at radius 3 is 2.94 bits per heavy atom. The van der Waals surface area contributed by atoms with E-state index >= 15 is 0 Å². The van der Waals surface area contributed by atoms with Crippen LogP contribution in [0.2, 0.25) is 5.02 Å². The smallest absolute Gasteiger partial charge is 0.251 e. The fourth-order valence-electron chi connectivity index (χ4n) is 3.82. The van der Waals surface area contributed by atoms with Gasteiger partial charge in [0.05, 0.1) is 36.7 Å². The molecule has 4 heterocycles. The SMILES string of the molecule is O=c1cc(-c2cn(S)c3ncc(N4CNOC(F)C4)cc23)ccn1Cc1cccc(Cl)c1F. The highest BCUT2D eigenvalue weighted by Crippen LogP contribution is 2.32. The molecule has 1 aliphatic rings. The highest BCUT2D eigenvalue weighted by atomic mass is 35.5. The molecule has 1 unspecified atom stereocenters. The number of fused-ring (bicyclic) bond motifs is 1. The molecule has 0 saturated carbocycles. The minimum Gasteiger partial charge on any atom is -0.350 e. The number of thiol groups is 1. The average Bonchev–Trinajstić information content (AvgIpc) is 3.14. The molecule has 0 spiro atoms. The van der Waals surface area contributed by atoms with Crippen LogP contribution in [0.3, 0.4) is 0 Å². The van der Waals surface area contributed by atoms with Crippen molar-refractivity contribution in [3.05, 3.63) is 81.7 Å². The van der Waals surface area contributed by atoms with Crippen LogP contribution in [0.25, 0.3) is 22.2 Å². The Kier molecular flexibility index (Phi) is 5.83. The van der Waals surface area contributed by atoms with Crippen LogP contribution >= 0.6 is 24.4 Å². The lowest BCUT2D eigenvalue weighted by atomic mass is 10.1. The lowest BCUT2D eigenvalue weighted by molar-refractivity contribution is -0.111. The highest BCUT2D eigenvalue weighted by molar-refractivity contribution is 7.78. The normalized spacial score (nSPS) is 16.5. The number of nitrogens with zero attached hydrogens (tertiary/aromatic N) is 4. The van der Waals surface area contributed by atoms with Crippen LogP contribution in [-0.2, 0) is 11.4 Å². The monoisotopic (exact) mass is 489 g/mol. The molecule has 5 rings (SSSR count). The maximum Gasteiger partial charge on any atom is 0.251 e. The van der Waals surface area contributed by atoms with Gasteiger partial charge in [0.25, 0.3) is 5.56 Å². The van der Waals surface area contributed by atoms with E-state index < -0.39 is 12.2 Å². The van der Waals surface area contributed by atoms with Crippen molar-refractivity contribution in [3.63, 3.8) is 0 Å². The quantitative estimate of drug-likeness (QED) is 0.424. The molecule has 1 N–H and O–H groups in total. The van der Waals surface area contributed by atoms with E-state index in [0.717, 1.165) is 10.9 Å². The Morgan fingerprint density at radius 2 is 2.15 bits per heavy atom. The van der Waals surface area contributed by atoms with Crippen molar-refractivity contribution in [2.75, 3.05) is 18.1 Å². The van der Waals surface area contributed by atoms with Crippen molar-refractivity contribution in [2.24, 2.45) is 0 Å². The highest BCUT2D eigenvalue weighted by Gasteiger charge is 2.21. The van der Waals surface area contributed by atoms with E-state index in [-0.39, 0.29) is 23.7 Å². The van der Waals surface area contributed by atoms with Gasteiger partial charge in [0, 0.05) is 35.0 Å². The summed E-state index contributed by atoms with van der Waals surface area (Å²) in [4.78, 5) is 23.8. The minimum atomic E-state index is -1.46. The second-order valence-corrected chi connectivity index (χ2v) is 8.44. The number of halogens is 3. The lowest BCUT2D eigenvalue weighted by Crippen LogP contribution is -2.46. The van der Waals surface area contributed by atoms with Gasteiger partial charge in [-0.05, 0) is 23.8 Å². The van der Waals surface area contributed by atoms with Crippen molar-refractivity contribution in [1.29, 1.82) is 0 Å². The molecule has 3 aromatic heterocycles. The molecule has 170 valence electrons. The molecule has 0 bridgehead atoms. The fraction of sp³-hybridized carbons (Fsp3) is 0.182. The number of hydroxylamine groups is 1. The summed E-state index contributed by atoms with van der Waals surface area (Å²) in [6.07, 6.45) is 3.54. The number of aromatic nitrogens is 3. The summed E-state index contributed by atoms with van der Waals surface area (Å²) in [5, 5.41) is 0.763. The molecule has 0 amide bonds. The summed E-state index contributed by atoms with van der Waals surface area (Å²) in [6.45, 7) is 0.424. The molecule has 1 atom stereocenters. The van der Waals surface area contributed by atoms with Gasteiger partial charge in [-0.1, -0.05) is 36.5 Å². The number of alkyl halides is 1. The van der Waals surface area contributed by atoms with Gasteiger partial charge in [0.15, 0.2) is 5.65 Å². The van der Waals surface area contributed by atoms with Crippen LogP contribution in [0.15, 0.2) is 59.8 Å². The number of anilines is 1. The van der Waals surface area contributed by atoms with Crippen molar-refractivity contribution < 1.29 is 13.6 Å². The lowest BCUT2D eigenvalue weighted by Gasteiger charge is -2.30. The Bertz CT molecular complexity index is 1410. The molecule has 0 aliphatic carbocycles. The molecule has 7 nitrogen and oxygen atoms in total. The van der Waals surface area contributed by atoms with Gasteiger partial charge < -0.3 is 9.47 Å². The van der Waals surface area contributed by atoms with Crippen LogP contribution in [-0.4, -0.2) is 33.1 Å². The Labute approximate surface area is 197 Å². The number of benzene rings is 1. The van der Waals surface area contributed by atoms with Crippen LogP contribution in [0.4, 0.5) is 14.5 Å². The average molecular weight is 490 g/mol. The molecule has 4 aromatic rings. The number of pyridine rings is 2. The van der Waals surface area contributed by atoms with Crippen molar-refractivity contribution in [2.45, 2.75) is 12.9 Å². The zero-order chi connectivity index (χ0) is 23.1. The molecule has 11 heteroatoms. The third kappa shape index (κ3) is 4.22. The van der Waals surface area contributed by atoms with Crippen LogP contribution in [0, 0.1) is 5.82 Å². The first kappa shape index (κ1) is 21.9. The summed E-state index contributed by atoms with van der Waals surface area (Å²) in [6, 6.07) is 9.81. The van der Waals surface area contributed by atoms with E-state index in [4.69, 9.17) is 16.4 Å². The first-order valence-electron chi connectivity index (χ1n) is 10.0. The summed E-state index contributed by atoms with van der Waals surface area (Å²) >= 11 is 10.3. The summed E-state index contributed by atoms with van der Waals surface area (Å²) in [7, 11) is 0. The first-order chi connectivity index (χ1) is 15.9. The van der Waals surface area contributed by atoms with Gasteiger partial charge >= 0.3 is 0 Å².